The van der Waals surface area contributed by atoms with Gasteiger partial charge in [-0.2, -0.15) is 0 Å². The van der Waals surface area contributed by atoms with Crippen LogP contribution in [0.1, 0.15) is 0 Å². The van der Waals surface area contributed by atoms with Gasteiger partial charge in [-0.25, -0.2) is 0 Å². The predicted molar refractivity (Wildman–Crippen MR) is 25.4 cm³/mol. The van der Waals surface area contributed by atoms with Gasteiger partial charge in [0.1, 0.15) is 0 Å². The molecule has 36 valence electrons. The Kier molecular flexibility index (Phi) is 4.57. The Morgan fingerprint density at radius 1 is 1.14 bits per heavy atom. The van der Waals surface area contributed by atoms with E-state index in [4.69, 9.17) is 11.1 Å². The molecule has 0 aromatic carbocycles. The van der Waals surface area contributed by atoms with E-state index in [2.05, 4.69) is 17.9 Å². The third-order valence-corrected chi connectivity index (χ3v) is 0.930. The van der Waals surface area contributed by atoms with Crippen molar-refractivity contribution >= 4 is 16.2 Å². The van der Waals surface area contributed by atoms with Gasteiger partial charge in [0, 0.05) is 0 Å². The van der Waals surface area contributed by atoms with Gasteiger partial charge in [-0.3, -0.25) is 0 Å². The molecule has 0 heterocycles. The first-order valence-electron chi connectivity index (χ1n) is 1.25. The van der Waals surface area contributed by atoms with Crippen molar-refractivity contribution in [3.05, 3.63) is 20.9 Å². The average Bonchev–Trinajstić information content (AvgIpc) is 1.69. The molecule has 0 radical (unpaired) electrons. The SMILES string of the molecule is [N-]=[N+]=N[AsH]N=[N+]=[N-]. The summed E-state index contributed by atoms with van der Waals surface area (Å²) in [5.74, 6) is 0. The van der Waals surface area contributed by atoms with E-state index in [-0.39, 0.29) is 0 Å². The van der Waals surface area contributed by atoms with Gasteiger partial charge in [-0.05, 0) is 0 Å². The van der Waals surface area contributed by atoms with Gasteiger partial charge >= 0.3 is 45.2 Å². The van der Waals surface area contributed by atoms with Crippen molar-refractivity contribution in [2.45, 2.75) is 0 Å². The fraction of sp³-hybridized carbons (Fsp3) is 0. The van der Waals surface area contributed by atoms with Gasteiger partial charge in [0.15, 0.2) is 0 Å². The number of nitrogens with zero attached hydrogens (tertiary/aromatic N) is 6. The Labute approximate surface area is 45.9 Å². The molecule has 0 atom stereocenters. The van der Waals surface area contributed by atoms with E-state index in [0.29, 0.717) is 0 Å². The maximum absolute atomic E-state index is 7.60. The number of hydrogen-bond acceptors (Lipinski definition) is 2. The first-order valence-corrected chi connectivity index (χ1v) is 3.12. The van der Waals surface area contributed by atoms with Crippen molar-refractivity contribution in [2.24, 2.45) is 8.06 Å². The van der Waals surface area contributed by atoms with Crippen LogP contribution in [-0.4, -0.2) is 16.2 Å². The van der Waals surface area contributed by atoms with Gasteiger partial charge in [-0.1, -0.05) is 0 Å². The molecule has 0 spiro atoms. The summed E-state index contributed by atoms with van der Waals surface area (Å²) >= 11 is -1.07. The number of azide groups is 1. The third-order valence-electron chi connectivity index (χ3n) is 0.179. The van der Waals surface area contributed by atoms with E-state index in [9.17, 15) is 0 Å². The first-order chi connectivity index (χ1) is 3.41. The Hall–Kier alpha value is -0.822. The predicted octanol–water partition coefficient (Wildman–Crippen LogP) is 0.873. The summed E-state index contributed by atoms with van der Waals surface area (Å²) in [5, 5.41) is 0. The van der Waals surface area contributed by atoms with E-state index in [1.165, 1.54) is 0 Å². The van der Waals surface area contributed by atoms with Crippen LogP contribution in [0.15, 0.2) is 8.06 Å². The van der Waals surface area contributed by atoms with E-state index in [1.807, 2.05) is 0 Å². The average molecular weight is 160 g/mol. The fourth-order valence-electron chi connectivity index (χ4n) is 0.0600. The molecule has 0 rings (SSSR count). The molecule has 0 fully saturated rings. The molecule has 0 aromatic heterocycles. The van der Waals surface area contributed by atoms with Crippen LogP contribution in [-0.2, 0) is 0 Å². The van der Waals surface area contributed by atoms with E-state index in [1.54, 1.807) is 0 Å². The van der Waals surface area contributed by atoms with Gasteiger partial charge in [0.25, 0.3) is 0 Å². The normalized spacial score (nSPS) is 7.43. The van der Waals surface area contributed by atoms with E-state index in [0.717, 1.165) is 0 Å². The molecular formula is HAsN6. The molecule has 0 aliphatic heterocycles. The van der Waals surface area contributed by atoms with Crippen molar-refractivity contribution in [1.82, 2.24) is 0 Å². The van der Waals surface area contributed by atoms with Gasteiger partial charge in [0.2, 0.25) is 0 Å². The van der Waals surface area contributed by atoms with Crippen LogP contribution in [0.3, 0.4) is 0 Å². The molecule has 0 aromatic rings. The molecule has 0 unspecified atom stereocenters. The number of rotatable bonds is 2. The first kappa shape index (κ1) is 6.18. The van der Waals surface area contributed by atoms with Crippen molar-refractivity contribution < 1.29 is 0 Å². The van der Waals surface area contributed by atoms with Crippen molar-refractivity contribution in [3.8, 4) is 0 Å². The number of hydrogen-bond donors (Lipinski definition) is 0. The summed E-state index contributed by atoms with van der Waals surface area (Å²) in [7, 11) is 0. The van der Waals surface area contributed by atoms with Gasteiger partial charge < -0.3 is 0 Å². The zero-order valence-electron chi connectivity index (χ0n) is 3.18. The third kappa shape index (κ3) is 5.18. The molecule has 0 amide bonds. The van der Waals surface area contributed by atoms with Crippen molar-refractivity contribution in [3.63, 3.8) is 0 Å². The van der Waals surface area contributed by atoms with E-state index >= 15 is 0 Å². The Bertz CT molecular complexity index is 107. The van der Waals surface area contributed by atoms with Crippen LogP contribution >= 0.6 is 0 Å². The van der Waals surface area contributed by atoms with Crippen LogP contribution in [0, 0.1) is 0 Å². The minimum absolute atomic E-state index is 1.07. The van der Waals surface area contributed by atoms with Crippen LogP contribution in [0.25, 0.3) is 20.9 Å². The summed E-state index contributed by atoms with van der Waals surface area (Å²) < 4.78 is 6.09. The van der Waals surface area contributed by atoms with Crippen LogP contribution in [0.4, 0.5) is 0 Å². The summed E-state index contributed by atoms with van der Waals surface area (Å²) in [6.45, 7) is 0. The molecular weight excluding hydrogens is 159 g/mol. The summed E-state index contributed by atoms with van der Waals surface area (Å²) in [4.78, 5) is 4.78. The second-order valence-corrected chi connectivity index (χ2v) is 1.74. The second-order valence-electron chi connectivity index (χ2n) is 0.479. The Balaban J connectivity index is 3.33. The molecule has 0 aliphatic rings. The topological polar surface area (TPSA) is 97.5 Å². The monoisotopic (exact) mass is 160 g/mol. The Morgan fingerprint density at radius 3 is 1.86 bits per heavy atom. The van der Waals surface area contributed by atoms with Crippen LogP contribution in [0.5, 0.6) is 0 Å². The van der Waals surface area contributed by atoms with Crippen molar-refractivity contribution in [2.75, 3.05) is 0 Å². The zero-order chi connectivity index (χ0) is 5.54. The quantitative estimate of drug-likeness (QED) is 0.248. The van der Waals surface area contributed by atoms with E-state index < -0.39 is 16.2 Å². The molecule has 0 aliphatic carbocycles. The van der Waals surface area contributed by atoms with Crippen LogP contribution in [0.2, 0.25) is 0 Å². The zero-order valence-corrected chi connectivity index (χ0v) is 5.28. The molecule has 0 bridgehead atoms. The maximum atomic E-state index is 7.60. The molecule has 6 nitrogen and oxygen atoms in total. The van der Waals surface area contributed by atoms with Gasteiger partial charge in [-0.15, -0.1) is 0 Å². The summed E-state index contributed by atoms with van der Waals surface area (Å²) in [6, 6.07) is 0. The molecule has 7 heavy (non-hydrogen) atoms. The fourth-order valence-corrected chi connectivity index (χ4v) is 0.312. The molecule has 7 heteroatoms. The molecule has 0 saturated carbocycles. The summed E-state index contributed by atoms with van der Waals surface area (Å²) in [5.41, 5.74) is 15.2. The van der Waals surface area contributed by atoms with Crippen molar-refractivity contribution in [1.29, 1.82) is 0 Å². The van der Waals surface area contributed by atoms with Crippen LogP contribution < -0.4 is 0 Å². The standard InChI is InChI=1S/AsHN6/c2-6-4-1-5-7-3/h1H. The van der Waals surface area contributed by atoms with Gasteiger partial charge in [0.05, 0.1) is 0 Å². The summed E-state index contributed by atoms with van der Waals surface area (Å²) in [6.07, 6.45) is 0. The second kappa shape index (κ2) is 5.18. The Morgan fingerprint density at radius 2 is 1.57 bits per heavy atom. The minimum atomic E-state index is -1.07. The molecule has 0 N–H and O–H groups in total. The molecule has 0 saturated heterocycles.